The van der Waals surface area contributed by atoms with Crippen molar-refractivity contribution < 1.29 is 14.0 Å². The summed E-state index contributed by atoms with van der Waals surface area (Å²) < 4.78 is 13.4. The second kappa shape index (κ2) is 10.8. The molecule has 1 N–H and O–H groups in total. The molecule has 1 aromatic rings. The topological polar surface area (TPSA) is 52.7 Å². The number of rotatable bonds is 4. The smallest absolute Gasteiger partial charge is 0.254 e. The fourth-order valence-electron chi connectivity index (χ4n) is 4.11. The zero-order chi connectivity index (χ0) is 19.2. The summed E-state index contributed by atoms with van der Waals surface area (Å²) in [6, 6.07) is 5.80. The monoisotopic (exact) mass is 411 g/mol. The van der Waals surface area contributed by atoms with E-state index in [4.69, 9.17) is 0 Å². The molecule has 7 heteroatoms. The Morgan fingerprint density at radius 2 is 1.93 bits per heavy atom. The van der Waals surface area contributed by atoms with Gasteiger partial charge in [0, 0.05) is 38.2 Å². The van der Waals surface area contributed by atoms with Crippen LogP contribution in [0, 0.1) is 17.7 Å². The van der Waals surface area contributed by atoms with Crippen LogP contribution in [0.2, 0.25) is 0 Å². The van der Waals surface area contributed by atoms with E-state index in [2.05, 4.69) is 12.2 Å². The van der Waals surface area contributed by atoms with E-state index in [1.54, 1.807) is 17.0 Å². The predicted octanol–water partition coefficient (Wildman–Crippen LogP) is 2.95. The third-order valence-corrected chi connectivity index (χ3v) is 5.84. The van der Waals surface area contributed by atoms with Crippen molar-refractivity contribution in [3.8, 4) is 0 Å². The van der Waals surface area contributed by atoms with Gasteiger partial charge in [-0.3, -0.25) is 9.59 Å². The van der Waals surface area contributed by atoms with Gasteiger partial charge in [-0.1, -0.05) is 13.0 Å². The van der Waals surface area contributed by atoms with Crippen LogP contribution in [-0.2, 0) is 4.79 Å². The molecule has 2 amide bonds. The number of carbonyl (C=O) groups excluding carboxylic acids is 2. The van der Waals surface area contributed by atoms with E-state index in [1.165, 1.54) is 25.0 Å². The van der Waals surface area contributed by atoms with Crippen molar-refractivity contribution in [2.45, 2.75) is 32.6 Å². The number of amides is 2. The minimum Gasteiger partial charge on any atom is -0.341 e. The Balaban J connectivity index is 0.00000280. The number of hydrogen-bond donors (Lipinski definition) is 1. The van der Waals surface area contributed by atoms with Crippen molar-refractivity contribution in [1.82, 2.24) is 15.1 Å². The molecule has 156 valence electrons. The van der Waals surface area contributed by atoms with E-state index >= 15 is 0 Å². The lowest BCUT2D eigenvalue weighted by Gasteiger charge is -2.30. The Labute approximate surface area is 173 Å². The first-order chi connectivity index (χ1) is 13.0. The van der Waals surface area contributed by atoms with Crippen LogP contribution in [-0.4, -0.2) is 60.9 Å². The van der Waals surface area contributed by atoms with Crippen LogP contribution in [0.3, 0.4) is 0 Å². The van der Waals surface area contributed by atoms with Gasteiger partial charge in [0.15, 0.2) is 0 Å². The summed E-state index contributed by atoms with van der Waals surface area (Å²) in [5, 5.41) is 3.42. The number of carbonyl (C=O) groups is 2. The fraction of sp³-hybridized carbons (Fsp3) is 0.619. The number of nitrogens with zero attached hydrogens (tertiary/aromatic N) is 2. The zero-order valence-corrected chi connectivity index (χ0v) is 17.3. The second-order valence-electron chi connectivity index (χ2n) is 7.82. The molecule has 28 heavy (non-hydrogen) atoms. The summed E-state index contributed by atoms with van der Waals surface area (Å²) in [5.74, 6) is 0.566. The Morgan fingerprint density at radius 3 is 2.64 bits per heavy atom. The molecule has 2 atom stereocenters. The van der Waals surface area contributed by atoms with Crippen LogP contribution in [0.5, 0.6) is 0 Å². The van der Waals surface area contributed by atoms with Crippen molar-refractivity contribution in [3.05, 3.63) is 35.6 Å². The molecule has 0 radical (unpaired) electrons. The van der Waals surface area contributed by atoms with Gasteiger partial charge in [-0.25, -0.2) is 4.39 Å². The van der Waals surface area contributed by atoms with Crippen LogP contribution >= 0.6 is 12.4 Å². The van der Waals surface area contributed by atoms with Gasteiger partial charge in [0.2, 0.25) is 5.91 Å². The van der Waals surface area contributed by atoms with Gasteiger partial charge < -0.3 is 15.1 Å². The molecule has 0 saturated carbocycles. The molecule has 3 rings (SSSR count). The summed E-state index contributed by atoms with van der Waals surface area (Å²) in [5.41, 5.74) is 0.369. The predicted molar refractivity (Wildman–Crippen MR) is 110 cm³/mol. The first-order valence-corrected chi connectivity index (χ1v) is 10.1. The van der Waals surface area contributed by atoms with E-state index in [9.17, 15) is 14.0 Å². The zero-order valence-electron chi connectivity index (χ0n) is 16.5. The molecule has 2 fully saturated rings. The molecule has 2 heterocycles. The summed E-state index contributed by atoms with van der Waals surface area (Å²) in [7, 11) is 0. The minimum absolute atomic E-state index is 0. The second-order valence-corrected chi connectivity index (χ2v) is 7.82. The highest BCUT2D eigenvalue weighted by Gasteiger charge is 2.26. The molecular weight excluding hydrogens is 381 g/mol. The van der Waals surface area contributed by atoms with Gasteiger partial charge >= 0.3 is 0 Å². The minimum atomic E-state index is -0.404. The maximum atomic E-state index is 13.4. The maximum absolute atomic E-state index is 13.4. The Hall–Kier alpha value is -1.66. The van der Waals surface area contributed by atoms with E-state index in [0.29, 0.717) is 50.0 Å². The normalized spacial score (nSPS) is 21.4. The molecule has 0 spiro atoms. The standard InChI is InChI=1S/C21H30FN3O2.ClH/c1-16(18-6-3-8-23-15-18)13-20(26)24-9-4-10-25(12-11-24)21(27)17-5-2-7-19(22)14-17;/h2,5,7,14,16,18,23H,3-4,6,8-13,15H2,1H3;1H. The average Bonchev–Trinajstić information content (AvgIpc) is 2.94. The molecule has 2 unspecified atom stereocenters. The van der Waals surface area contributed by atoms with E-state index in [0.717, 1.165) is 19.5 Å². The van der Waals surface area contributed by atoms with Crippen LogP contribution in [0.4, 0.5) is 4.39 Å². The largest absolute Gasteiger partial charge is 0.341 e. The third-order valence-electron chi connectivity index (χ3n) is 5.84. The molecule has 2 aliphatic rings. The summed E-state index contributed by atoms with van der Waals surface area (Å²) >= 11 is 0. The van der Waals surface area contributed by atoms with Crippen molar-refractivity contribution in [2.24, 2.45) is 11.8 Å². The van der Waals surface area contributed by atoms with E-state index in [1.807, 2.05) is 4.90 Å². The Bertz CT molecular complexity index is 667. The Kier molecular flexibility index (Phi) is 8.70. The van der Waals surface area contributed by atoms with Crippen molar-refractivity contribution in [2.75, 3.05) is 39.3 Å². The molecule has 0 bridgehead atoms. The molecule has 1 aromatic carbocycles. The molecule has 5 nitrogen and oxygen atoms in total. The lowest BCUT2D eigenvalue weighted by molar-refractivity contribution is -0.132. The van der Waals surface area contributed by atoms with Crippen molar-refractivity contribution in [1.29, 1.82) is 0 Å². The number of halogens is 2. The SMILES string of the molecule is CC(CC(=O)N1CCCN(C(=O)c2cccc(F)c2)CC1)C1CCCNC1.Cl. The molecule has 0 aliphatic carbocycles. The van der Waals surface area contributed by atoms with Gasteiger partial charge in [0.1, 0.15) is 5.82 Å². The fourth-order valence-corrected chi connectivity index (χ4v) is 4.11. The lowest BCUT2D eigenvalue weighted by Crippen LogP contribution is -2.39. The van der Waals surface area contributed by atoms with Crippen LogP contribution < -0.4 is 5.32 Å². The lowest BCUT2D eigenvalue weighted by atomic mass is 9.85. The molecule has 0 aromatic heterocycles. The summed E-state index contributed by atoms with van der Waals surface area (Å²) in [4.78, 5) is 29.0. The Morgan fingerprint density at radius 1 is 1.18 bits per heavy atom. The van der Waals surface area contributed by atoms with Gasteiger partial charge in [0.25, 0.3) is 5.91 Å². The highest BCUT2D eigenvalue weighted by Crippen LogP contribution is 2.23. The molecule has 2 aliphatic heterocycles. The first-order valence-electron chi connectivity index (χ1n) is 10.1. The number of hydrogen-bond acceptors (Lipinski definition) is 3. The first kappa shape index (κ1) is 22.6. The van der Waals surface area contributed by atoms with Crippen LogP contribution in [0.1, 0.15) is 43.0 Å². The van der Waals surface area contributed by atoms with E-state index < -0.39 is 5.82 Å². The highest BCUT2D eigenvalue weighted by molar-refractivity contribution is 5.94. The molecule has 2 saturated heterocycles. The number of nitrogens with one attached hydrogen (secondary N) is 1. The maximum Gasteiger partial charge on any atom is 0.254 e. The van der Waals surface area contributed by atoms with E-state index in [-0.39, 0.29) is 24.2 Å². The van der Waals surface area contributed by atoms with Crippen molar-refractivity contribution >= 4 is 24.2 Å². The van der Waals surface area contributed by atoms with Gasteiger partial charge in [-0.15, -0.1) is 12.4 Å². The average molecular weight is 412 g/mol. The van der Waals surface area contributed by atoms with Crippen LogP contribution in [0.25, 0.3) is 0 Å². The number of piperidine rings is 1. The third kappa shape index (κ3) is 5.92. The molecular formula is C21H31ClFN3O2. The number of benzene rings is 1. The van der Waals surface area contributed by atoms with Crippen molar-refractivity contribution in [3.63, 3.8) is 0 Å². The summed E-state index contributed by atoms with van der Waals surface area (Å²) in [6.45, 7) is 6.59. The highest BCUT2D eigenvalue weighted by atomic mass is 35.5. The summed E-state index contributed by atoms with van der Waals surface area (Å²) in [6.07, 6.45) is 3.71. The van der Waals surface area contributed by atoms with Gasteiger partial charge in [-0.2, -0.15) is 0 Å². The quantitative estimate of drug-likeness (QED) is 0.828. The van der Waals surface area contributed by atoms with Gasteiger partial charge in [-0.05, 0) is 62.4 Å². The van der Waals surface area contributed by atoms with Gasteiger partial charge in [0.05, 0.1) is 0 Å². The van der Waals surface area contributed by atoms with Crippen LogP contribution in [0.15, 0.2) is 24.3 Å².